The molecule has 3 rings (SSSR count). The van der Waals surface area contributed by atoms with Crippen LogP contribution in [0.3, 0.4) is 0 Å². The quantitative estimate of drug-likeness (QED) is 0.535. The lowest BCUT2D eigenvalue weighted by molar-refractivity contribution is 0.116. The van der Waals surface area contributed by atoms with Crippen molar-refractivity contribution in [2.24, 2.45) is 4.99 Å². The molecule has 0 amide bonds. The molecule has 1 aromatic heterocycles. The van der Waals surface area contributed by atoms with Gasteiger partial charge in [-0.25, -0.2) is 0 Å². The first kappa shape index (κ1) is 19.7. The molecule has 1 aliphatic rings. The van der Waals surface area contributed by atoms with Crippen molar-refractivity contribution in [2.75, 3.05) is 53.9 Å². The SMILES string of the molecule is CCc1cccc2c(CCNC(=NC)NCC3CN(C)CCN3C)c[nH]c12. The van der Waals surface area contributed by atoms with Crippen LogP contribution in [0.15, 0.2) is 29.4 Å². The van der Waals surface area contributed by atoms with E-state index in [2.05, 4.69) is 75.8 Å². The predicted molar refractivity (Wildman–Crippen MR) is 115 cm³/mol. The molecule has 1 aliphatic heterocycles. The summed E-state index contributed by atoms with van der Waals surface area (Å²) in [5.41, 5.74) is 4.02. The van der Waals surface area contributed by atoms with Gasteiger partial charge in [-0.05, 0) is 38.1 Å². The van der Waals surface area contributed by atoms with E-state index in [1.54, 1.807) is 0 Å². The van der Waals surface area contributed by atoms with Gasteiger partial charge in [0.1, 0.15) is 0 Å². The van der Waals surface area contributed by atoms with E-state index in [1.165, 1.54) is 22.0 Å². The molecule has 3 N–H and O–H groups in total. The van der Waals surface area contributed by atoms with Crippen LogP contribution in [0.1, 0.15) is 18.1 Å². The molecule has 0 saturated carbocycles. The molecule has 1 fully saturated rings. The number of fused-ring (bicyclic) bond motifs is 1. The van der Waals surface area contributed by atoms with Gasteiger partial charge in [0.25, 0.3) is 0 Å². The van der Waals surface area contributed by atoms with E-state index < -0.39 is 0 Å². The maximum absolute atomic E-state index is 4.38. The number of hydrogen-bond donors (Lipinski definition) is 3. The van der Waals surface area contributed by atoms with Crippen LogP contribution in [0.4, 0.5) is 0 Å². The number of guanidine groups is 1. The zero-order valence-electron chi connectivity index (χ0n) is 17.2. The van der Waals surface area contributed by atoms with Crippen molar-refractivity contribution in [1.29, 1.82) is 0 Å². The summed E-state index contributed by atoms with van der Waals surface area (Å²) < 4.78 is 0. The Labute approximate surface area is 163 Å². The van der Waals surface area contributed by atoms with Crippen LogP contribution in [0.5, 0.6) is 0 Å². The van der Waals surface area contributed by atoms with Crippen LogP contribution in [0, 0.1) is 0 Å². The van der Waals surface area contributed by atoms with Gasteiger partial charge in [-0.15, -0.1) is 0 Å². The summed E-state index contributed by atoms with van der Waals surface area (Å²) in [6.45, 7) is 7.33. The second-order valence-electron chi connectivity index (χ2n) is 7.53. The highest BCUT2D eigenvalue weighted by atomic mass is 15.3. The first-order chi connectivity index (χ1) is 13.1. The summed E-state index contributed by atoms with van der Waals surface area (Å²) in [4.78, 5) is 12.7. The van der Waals surface area contributed by atoms with E-state index in [-0.39, 0.29) is 0 Å². The van der Waals surface area contributed by atoms with E-state index >= 15 is 0 Å². The minimum absolute atomic E-state index is 0.517. The van der Waals surface area contributed by atoms with E-state index in [9.17, 15) is 0 Å². The molecule has 0 aliphatic carbocycles. The van der Waals surface area contributed by atoms with Gasteiger partial charge in [-0.3, -0.25) is 9.89 Å². The van der Waals surface area contributed by atoms with Crippen LogP contribution in [0.2, 0.25) is 0 Å². The Morgan fingerprint density at radius 2 is 2.07 bits per heavy atom. The lowest BCUT2D eigenvalue weighted by atomic mass is 10.1. The van der Waals surface area contributed by atoms with Crippen LogP contribution < -0.4 is 10.6 Å². The number of piperazine rings is 1. The fourth-order valence-corrected chi connectivity index (χ4v) is 3.85. The zero-order chi connectivity index (χ0) is 19.2. The highest BCUT2D eigenvalue weighted by molar-refractivity contribution is 5.86. The van der Waals surface area contributed by atoms with Crippen molar-refractivity contribution >= 4 is 16.9 Å². The minimum atomic E-state index is 0.517. The second-order valence-corrected chi connectivity index (χ2v) is 7.53. The summed E-state index contributed by atoms with van der Waals surface area (Å²) in [5, 5.41) is 8.29. The predicted octanol–water partition coefficient (Wildman–Crippen LogP) is 1.68. The number of para-hydroxylation sites is 1. The Morgan fingerprint density at radius 1 is 1.22 bits per heavy atom. The summed E-state index contributed by atoms with van der Waals surface area (Å²) >= 11 is 0. The molecule has 1 aromatic carbocycles. The monoisotopic (exact) mass is 370 g/mol. The third kappa shape index (κ3) is 4.82. The first-order valence-electron chi connectivity index (χ1n) is 10.0. The number of aliphatic imine (C=N–C) groups is 1. The van der Waals surface area contributed by atoms with Crippen molar-refractivity contribution in [3.63, 3.8) is 0 Å². The van der Waals surface area contributed by atoms with Gasteiger partial charge in [-0.1, -0.05) is 25.1 Å². The molecule has 1 saturated heterocycles. The molecule has 2 aromatic rings. The molecule has 148 valence electrons. The number of nitrogens with one attached hydrogen (secondary N) is 3. The molecule has 0 spiro atoms. The van der Waals surface area contributed by atoms with Gasteiger partial charge in [-0.2, -0.15) is 0 Å². The Morgan fingerprint density at radius 3 is 2.85 bits per heavy atom. The fourth-order valence-electron chi connectivity index (χ4n) is 3.85. The number of likely N-dealkylation sites (N-methyl/N-ethyl adjacent to an activating group) is 2. The lowest BCUT2D eigenvalue weighted by Crippen LogP contribution is -2.55. The number of hydrogen-bond acceptors (Lipinski definition) is 3. The average Bonchev–Trinajstić information content (AvgIpc) is 3.10. The molecule has 2 heterocycles. The highest BCUT2D eigenvalue weighted by Crippen LogP contribution is 2.22. The Kier molecular flexibility index (Phi) is 6.74. The first-order valence-corrected chi connectivity index (χ1v) is 10.0. The van der Waals surface area contributed by atoms with Gasteiger partial charge < -0.3 is 20.5 Å². The van der Waals surface area contributed by atoms with Crippen LogP contribution in [-0.2, 0) is 12.8 Å². The molecule has 0 radical (unpaired) electrons. The normalized spacial score (nSPS) is 19.6. The van der Waals surface area contributed by atoms with Crippen molar-refractivity contribution in [3.8, 4) is 0 Å². The van der Waals surface area contributed by atoms with Crippen LogP contribution in [0.25, 0.3) is 10.9 Å². The molecule has 1 atom stereocenters. The Hall–Kier alpha value is -2.05. The van der Waals surface area contributed by atoms with E-state index in [0.717, 1.165) is 51.5 Å². The third-order valence-corrected chi connectivity index (χ3v) is 5.66. The van der Waals surface area contributed by atoms with Crippen molar-refractivity contribution < 1.29 is 0 Å². The molecule has 6 nitrogen and oxygen atoms in total. The van der Waals surface area contributed by atoms with Gasteiger partial charge in [0.2, 0.25) is 0 Å². The molecule has 0 bridgehead atoms. The van der Waals surface area contributed by atoms with E-state index in [0.29, 0.717) is 6.04 Å². The Balaban J connectivity index is 1.50. The van der Waals surface area contributed by atoms with Gasteiger partial charge >= 0.3 is 0 Å². The largest absolute Gasteiger partial charge is 0.361 e. The summed E-state index contributed by atoms with van der Waals surface area (Å²) in [6, 6.07) is 7.09. The van der Waals surface area contributed by atoms with Gasteiger partial charge in [0.15, 0.2) is 5.96 Å². The highest BCUT2D eigenvalue weighted by Gasteiger charge is 2.22. The third-order valence-electron chi connectivity index (χ3n) is 5.66. The number of nitrogens with zero attached hydrogens (tertiary/aromatic N) is 3. The lowest BCUT2D eigenvalue weighted by Gasteiger charge is -2.37. The molecule has 1 unspecified atom stereocenters. The molecular formula is C21H34N6. The number of aromatic amines is 1. The maximum Gasteiger partial charge on any atom is 0.191 e. The number of aromatic nitrogens is 1. The smallest absolute Gasteiger partial charge is 0.191 e. The maximum atomic E-state index is 4.38. The summed E-state index contributed by atoms with van der Waals surface area (Å²) in [5.74, 6) is 0.880. The number of benzene rings is 1. The summed E-state index contributed by atoms with van der Waals surface area (Å²) in [7, 11) is 6.24. The minimum Gasteiger partial charge on any atom is -0.361 e. The molecule has 27 heavy (non-hydrogen) atoms. The molecule has 6 heteroatoms. The van der Waals surface area contributed by atoms with Crippen molar-refractivity contribution in [3.05, 3.63) is 35.5 Å². The van der Waals surface area contributed by atoms with Crippen molar-refractivity contribution in [2.45, 2.75) is 25.8 Å². The van der Waals surface area contributed by atoms with Gasteiger partial charge in [0, 0.05) is 62.9 Å². The van der Waals surface area contributed by atoms with E-state index in [1.807, 2.05) is 7.05 Å². The number of rotatable bonds is 6. The van der Waals surface area contributed by atoms with E-state index in [4.69, 9.17) is 0 Å². The van der Waals surface area contributed by atoms with Crippen LogP contribution in [-0.4, -0.2) is 80.7 Å². The molecular weight excluding hydrogens is 336 g/mol. The fraction of sp³-hybridized carbons (Fsp3) is 0.571. The average molecular weight is 371 g/mol. The number of aryl methyl sites for hydroxylation is 1. The zero-order valence-corrected chi connectivity index (χ0v) is 17.2. The topological polar surface area (TPSA) is 58.7 Å². The Bertz CT molecular complexity index is 765. The standard InChI is InChI=1S/C21H34N6/c1-5-16-7-6-8-19-17(13-24-20(16)19)9-10-23-21(22-2)25-14-18-15-26(3)11-12-27(18)4/h6-8,13,18,24H,5,9-12,14-15H2,1-4H3,(H2,22,23,25). The number of H-pyrrole nitrogens is 1. The second kappa shape index (κ2) is 9.24. The van der Waals surface area contributed by atoms with Crippen molar-refractivity contribution in [1.82, 2.24) is 25.4 Å². The summed E-state index contributed by atoms with van der Waals surface area (Å²) in [6.07, 6.45) is 4.17. The van der Waals surface area contributed by atoms with Crippen LogP contribution >= 0.6 is 0 Å². The van der Waals surface area contributed by atoms with Gasteiger partial charge in [0.05, 0.1) is 0 Å².